The molecule has 0 saturated carbocycles. The van der Waals surface area contributed by atoms with Crippen LogP contribution >= 0.6 is 34.5 Å². The third kappa shape index (κ3) is 2.90. The van der Waals surface area contributed by atoms with Gasteiger partial charge in [0.05, 0.1) is 21.7 Å². The molecule has 0 amide bonds. The van der Waals surface area contributed by atoms with Gasteiger partial charge in [-0.05, 0) is 41.3 Å². The van der Waals surface area contributed by atoms with Crippen LogP contribution in [0, 0.1) is 5.82 Å². The first-order valence-corrected chi connectivity index (χ1v) is 10.0. The first-order valence-electron chi connectivity index (χ1n) is 8.41. The van der Waals surface area contributed by atoms with Crippen molar-refractivity contribution in [1.29, 1.82) is 0 Å². The Bertz CT molecular complexity index is 1040. The van der Waals surface area contributed by atoms with E-state index in [2.05, 4.69) is 0 Å². The molecule has 2 atom stereocenters. The van der Waals surface area contributed by atoms with Crippen LogP contribution in [0.15, 0.2) is 59.0 Å². The highest BCUT2D eigenvalue weighted by Gasteiger charge is 2.42. The summed E-state index contributed by atoms with van der Waals surface area (Å²) in [7, 11) is 0. The van der Waals surface area contributed by atoms with Crippen LogP contribution in [0.25, 0.3) is 0 Å². The maximum Gasteiger partial charge on any atom is 0.223 e. The topological polar surface area (TPSA) is 24.8 Å². The number of thiophene rings is 1. The summed E-state index contributed by atoms with van der Waals surface area (Å²) in [6.07, 6.45) is 0.305. The van der Waals surface area contributed by atoms with Crippen LogP contribution in [0.1, 0.15) is 34.7 Å². The quantitative estimate of drug-likeness (QED) is 0.478. The summed E-state index contributed by atoms with van der Waals surface area (Å²) in [6, 6.07) is 13.9. The number of hydrazone groups is 1. The fraction of sp³-hybridized carbons (Fsp3) is 0.150. The Morgan fingerprint density at radius 1 is 1.15 bits per heavy atom. The fourth-order valence-electron chi connectivity index (χ4n) is 3.55. The van der Waals surface area contributed by atoms with E-state index in [9.17, 15) is 4.39 Å². The summed E-state index contributed by atoms with van der Waals surface area (Å²) in [5.41, 5.74) is 2.70. The first kappa shape index (κ1) is 17.0. The summed E-state index contributed by atoms with van der Waals surface area (Å²) in [4.78, 5) is 1.04. The van der Waals surface area contributed by atoms with Crippen molar-refractivity contribution in [3.05, 3.63) is 85.8 Å². The molecule has 0 fully saturated rings. The van der Waals surface area contributed by atoms with Crippen LogP contribution in [-0.4, -0.2) is 10.7 Å². The van der Waals surface area contributed by atoms with E-state index < -0.39 is 0 Å². The first-order chi connectivity index (χ1) is 13.1. The highest BCUT2D eigenvalue weighted by atomic mass is 35.5. The van der Waals surface area contributed by atoms with Gasteiger partial charge in [0.15, 0.2) is 0 Å². The minimum absolute atomic E-state index is 0.0443. The molecule has 0 bridgehead atoms. The minimum atomic E-state index is -0.362. The highest BCUT2D eigenvalue weighted by molar-refractivity contribution is 7.10. The third-order valence-electron chi connectivity index (χ3n) is 4.77. The van der Waals surface area contributed by atoms with Gasteiger partial charge in [-0.15, -0.1) is 11.3 Å². The van der Waals surface area contributed by atoms with Gasteiger partial charge in [0.1, 0.15) is 11.6 Å². The van der Waals surface area contributed by atoms with Gasteiger partial charge in [-0.25, -0.2) is 9.40 Å². The van der Waals surface area contributed by atoms with Gasteiger partial charge < -0.3 is 4.74 Å². The van der Waals surface area contributed by atoms with E-state index in [0.29, 0.717) is 22.2 Å². The van der Waals surface area contributed by atoms with Gasteiger partial charge in [-0.3, -0.25) is 0 Å². The predicted octanol–water partition coefficient (Wildman–Crippen LogP) is 6.44. The van der Waals surface area contributed by atoms with Crippen molar-refractivity contribution >= 4 is 40.3 Å². The van der Waals surface area contributed by atoms with Crippen molar-refractivity contribution in [3.63, 3.8) is 0 Å². The molecule has 27 heavy (non-hydrogen) atoms. The summed E-state index contributed by atoms with van der Waals surface area (Å²) < 4.78 is 19.6. The van der Waals surface area contributed by atoms with Gasteiger partial charge in [-0.1, -0.05) is 41.4 Å². The minimum Gasteiger partial charge on any atom is -0.462 e. The molecule has 0 unspecified atom stereocenters. The predicted molar refractivity (Wildman–Crippen MR) is 106 cm³/mol. The Morgan fingerprint density at radius 2 is 1.96 bits per heavy atom. The number of fused-ring (bicyclic) bond motifs is 3. The van der Waals surface area contributed by atoms with Crippen molar-refractivity contribution in [2.24, 2.45) is 5.10 Å². The zero-order valence-corrected chi connectivity index (χ0v) is 16.2. The number of halogens is 3. The van der Waals surface area contributed by atoms with E-state index in [4.69, 9.17) is 33.0 Å². The van der Waals surface area contributed by atoms with E-state index in [1.165, 1.54) is 12.1 Å². The second kappa shape index (κ2) is 6.51. The molecule has 3 aromatic rings. The molecular weight excluding hydrogens is 406 g/mol. The zero-order valence-electron chi connectivity index (χ0n) is 13.9. The molecule has 0 saturated heterocycles. The SMILES string of the molecule is Fc1ccc(C2=NN3[C@@H](c4cccs4)Oc4c(Cl)cc(Cl)cc4[C@@H]3C2)cc1. The van der Waals surface area contributed by atoms with Crippen LogP contribution in [0.5, 0.6) is 5.75 Å². The van der Waals surface area contributed by atoms with E-state index in [-0.39, 0.29) is 18.1 Å². The third-order valence-corrected chi connectivity index (χ3v) is 6.17. The molecular formula is C20H13Cl2FN2OS. The number of ether oxygens (including phenoxy) is 1. The van der Waals surface area contributed by atoms with Gasteiger partial charge in [0.25, 0.3) is 0 Å². The van der Waals surface area contributed by atoms with Crippen molar-refractivity contribution in [2.45, 2.75) is 18.7 Å². The molecule has 2 aromatic carbocycles. The smallest absolute Gasteiger partial charge is 0.223 e. The summed E-state index contributed by atoms with van der Waals surface area (Å²) in [5.74, 6) is 0.384. The molecule has 3 nitrogen and oxygen atoms in total. The zero-order chi connectivity index (χ0) is 18.5. The fourth-order valence-corrected chi connectivity index (χ4v) is 4.85. The lowest BCUT2D eigenvalue weighted by atomic mass is 9.96. The molecule has 3 heterocycles. The van der Waals surface area contributed by atoms with Crippen molar-refractivity contribution < 1.29 is 9.13 Å². The van der Waals surface area contributed by atoms with E-state index >= 15 is 0 Å². The molecule has 5 rings (SSSR count). The summed E-state index contributed by atoms with van der Waals surface area (Å²) in [6.45, 7) is 0. The van der Waals surface area contributed by atoms with Crippen molar-refractivity contribution in [2.75, 3.05) is 0 Å². The Balaban J connectivity index is 1.62. The normalized spacial score (nSPS) is 20.7. The van der Waals surface area contributed by atoms with E-state index in [0.717, 1.165) is 21.7 Å². The molecule has 2 aliphatic heterocycles. The number of nitrogens with zero attached hydrogens (tertiary/aromatic N) is 2. The summed E-state index contributed by atoms with van der Waals surface area (Å²) in [5, 5.41) is 9.85. The van der Waals surface area contributed by atoms with Gasteiger partial charge in [0.2, 0.25) is 6.23 Å². The van der Waals surface area contributed by atoms with Crippen LogP contribution in [-0.2, 0) is 0 Å². The lowest BCUT2D eigenvalue weighted by Gasteiger charge is -2.38. The molecule has 0 N–H and O–H groups in total. The number of rotatable bonds is 2. The van der Waals surface area contributed by atoms with Gasteiger partial charge in [-0.2, -0.15) is 5.10 Å². The second-order valence-electron chi connectivity index (χ2n) is 6.45. The standard InChI is InChI=1S/C20H13Cl2FN2OS/c21-12-8-14-17-10-16(11-3-5-13(23)6-4-11)24-25(17)20(18-2-1-7-27-18)26-19(14)15(22)9-12/h1-9,17,20H,10H2/t17-,20+/m0/s1. The summed E-state index contributed by atoms with van der Waals surface area (Å²) >= 11 is 14.3. The van der Waals surface area contributed by atoms with Crippen molar-refractivity contribution in [3.8, 4) is 5.75 Å². The van der Waals surface area contributed by atoms with Crippen LogP contribution < -0.4 is 4.74 Å². The largest absolute Gasteiger partial charge is 0.462 e. The van der Waals surface area contributed by atoms with Crippen LogP contribution in [0.4, 0.5) is 4.39 Å². The van der Waals surface area contributed by atoms with Crippen LogP contribution in [0.3, 0.4) is 0 Å². The molecule has 0 aliphatic carbocycles. The van der Waals surface area contributed by atoms with E-state index in [1.54, 1.807) is 29.5 Å². The molecule has 0 spiro atoms. The monoisotopic (exact) mass is 418 g/mol. The molecule has 136 valence electrons. The second-order valence-corrected chi connectivity index (χ2v) is 8.27. The maximum absolute atomic E-state index is 13.3. The molecule has 0 radical (unpaired) electrons. The number of benzene rings is 2. The maximum atomic E-state index is 13.3. The number of hydrogen-bond donors (Lipinski definition) is 0. The highest BCUT2D eigenvalue weighted by Crippen LogP contribution is 2.51. The lowest BCUT2D eigenvalue weighted by Crippen LogP contribution is -2.33. The van der Waals surface area contributed by atoms with Gasteiger partial charge >= 0.3 is 0 Å². The van der Waals surface area contributed by atoms with Crippen LogP contribution in [0.2, 0.25) is 10.0 Å². The molecule has 7 heteroatoms. The Morgan fingerprint density at radius 3 is 2.70 bits per heavy atom. The molecule has 2 aliphatic rings. The average molecular weight is 419 g/mol. The Hall–Kier alpha value is -2.08. The number of hydrogen-bond acceptors (Lipinski definition) is 4. The van der Waals surface area contributed by atoms with Crippen molar-refractivity contribution in [1.82, 2.24) is 5.01 Å². The van der Waals surface area contributed by atoms with Gasteiger partial charge in [0, 0.05) is 17.0 Å². The lowest BCUT2D eigenvalue weighted by molar-refractivity contribution is -0.0165. The molecule has 1 aromatic heterocycles. The Labute approximate surface area is 169 Å². The average Bonchev–Trinajstić information content (AvgIpc) is 3.32. The van der Waals surface area contributed by atoms with E-state index in [1.807, 2.05) is 28.6 Å². The Kier molecular flexibility index (Phi) is 4.11.